The van der Waals surface area contributed by atoms with Crippen LogP contribution in [0.2, 0.25) is 0 Å². The summed E-state index contributed by atoms with van der Waals surface area (Å²) in [5.41, 5.74) is -0.0282. The van der Waals surface area contributed by atoms with Gasteiger partial charge in [-0.2, -0.15) is 0 Å². The topological polar surface area (TPSA) is 40.5 Å². The van der Waals surface area contributed by atoms with E-state index >= 15 is 0 Å². The van der Waals surface area contributed by atoms with Crippen LogP contribution in [0.3, 0.4) is 0 Å². The van der Waals surface area contributed by atoms with Crippen molar-refractivity contribution in [3.63, 3.8) is 0 Å². The van der Waals surface area contributed by atoms with Crippen LogP contribution in [0.1, 0.15) is 44.6 Å². The Morgan fingerprint density at radius 1 is 1.11 bits per heavy atom. The molecule has 18 heavy (non-hydrogen) atoms. The largest absolute Gasteiger partial charge is 0.395 e. The SMILES string of the molecule is CCCCCCC(CO)(CO)c1cccc(F)c1. The zero-order chi connectivity index (χ0) is 13.4. The van der Waals surface area contributed by atoms with Crippen LogP contribution in [0.15, 0.2) is 24.3 Å². The molecule has 3 heteroatoms. The average Bonchev–Trinajstić information content (AvgIpc) is 2.40. The van der Waals surface area contributed by atoms with Crippen LogP contribution in [0.25, 0.3) is 0 Å². The normalized spacial score (nSPS) is 11.8. The highest BCUT2D eigenvalue weighted by molar-refractivity contribution is 5.26. The van der Waals surface area contributed by atoms with Crippen LogP contribution < -0.4 is 0 Å². The fourth-order valence-electron chi connectivity index (χ4n) is 2.24. The number of hydrogen-bond acceptors (Lipinski definition) is 2. The molecule has 0 spiro atoms. The number of aliphatic hydroxyl groups is 2. The van der Waals surface area contributed by atoms with Crippen LogP contribution in [-0.4, -0.2) is 23.4 Å². The molecule has 0 heterocycles. The third-order valence-electron chi connectivity index (χ3n) is 3.55. The molecule has 0 unspecified atom stereocenters. The van der Waals surface area contributed by atoms with Gasteiger partial charge in [0.25, 0.3) is 0 Å². The van der Waals surface area contributed by atoms with Gasteiger partial charge in [0.1, 0.15) is 5.82 Å². The fraction of sp³-hybridized carbons (Fsp3) is 0.600. The molecule has 0 bridgehead atoms. The molecule has 1 aromatic rings. The molecule has 0 aliphatic heterocycles. The van der Waals surface area contributed by atoms with Crippen molar-refractivity contribution < 1.29 is 14.6 Å². The van der Waals surface area contributed by atoms with E-state index in [-0.39, 0.29) is 19.0 Å². The molecule has 1 rings (SSSR count). The second-order valence-corrected chi connectivity index (χ2v) is 4.92. The lowest BCUT2D eigenvalue weighted by molar-refractivity contribution is 0.107. The average molecular weight is 254 g/mol. The van der Waals surface area contributed by atoms with E-state index < -0.39 is 5.41 Å². The maximum absolute atomic E-state index is 13.2. The van der Waals surface area contributed by atoms with Crippen molar-refractivity contribution in [3.8, 4) is 0 Å². The third-order valence-corrected chi connectivity index (χ3v) is 3.55. The molecule has 0 radical (unpaired) electrons. The van der Waals surface area contributed by atoms with E-state index in [4.69, 9.17) is 0 Å². The highest BCUT2D eigenvalue weighted by Crippen LogP contribution is 2.30. The number of benzene rings is 1. The summed E-state index contributed by atoms with van der Waals surface area (Å²) < 4.78 is 13.2. The lowest BCUT2D eigenvalue weighted by Gasteiger charge is -2.30. The van der Waals surface area contributed by atoms with Gasteiger partial charge in [0, 0.05) is 5.41 Å². The van der Waals surface area contributed by atoms with Crippen LogP contribution >= 0.6 is 0 Å². The van der Waals surface area contributed by atoms with Crippen molar-refractivity contribution in [3.05, 3.63) is 35.6 Å². The first-order chi connectivity index (χ1) is 8.68. The summed E-state index contributed by atoms with van der Waals surface area (Å²) in [5, 5.41) is 19.2. The molecule has 102 valence electrons. The van der Waals surface area contributed by atoms with E-state index in [0.29, 0.717) is 12.0 Å². The summed E-state index contributed by atoms with van der Waals surface area (Å²) >= 11 is 0. The minimum Gasteiger partial charge on any atom is -0.395 e. The highest BCUT2D eigenvalue weighted by atomic mass is 19.1. The number of unbranched alkanes of at least 4 members (excludes halogenated alkanes) is 3. The van der Waals surface area contributed by atoms with Gasteiger partial charge in [-0.1, -0.05) is 44.7 Å². The first kappa shape index (κ1) is 15.1. The van der Waals surface area contributed by atoms with E-state index in [2.05, 4.69) is 6.92 Å². The molecule has 2 N–H and O–H groups in total. The Morgan fingerprint density at radius 2 is 1.83 bits per heavy atom. The number of rotatable bonds is 8. The summed E-state index contributed by atoms with van der Waals surface area (Å²) in [5.74, 6) is -0.327. The summed E-state index contributed by atoms with van der Waals surface area (Å²) in [6, 6.07) is 6.18. The van der Waals surface area contributed by atoms with Crippen molar-refractivity contribution in [2.45, 2.75) is 44.4 Å². The van der Waals surface area contributed by atoms with Gasteiger partial charge in [0.05, 0.1) is 13.2 Å². The molecular weight excluding hydrogens is 231 g/mol. The lowest BCUT2D eigenvalue weighted by Crippen LogP contribution is -2.35. The predicted molar refractivity (Wildman–Crippen MR) is 71.0 cm³/mol. The van der Waals surface area contributed by atoms with Gasteiger partial charge in [-0.3, -0.25) is 0 Å². The lowest BCUT2D eigenvalue weighted by atomic mass is 9.77. The predicted octanol–water partition coefficient (Wildman–Crippen LogP) is 3.02. The first-order valence-corrected chi connectivity index (χ1v) is 6.66. The molecule has 0 amide bonds. The maximum atomic E-state index is 13.2. The monoisotopic (exact) mass is 254 g/mol. The van der Waals surface area contributed by atoms with E-state index in [9.17, 15) is 14.6 Å². The molecule has 0 atom stereocenters. The summed E-state index contributed by atoms with van der Waals surface area (Å²) in [6.07, 6.45) is 4.99. The van der Waals surface area contributed by atoms with Crippen LogP contribution in [0.4, 0.5) is 4.39 Å². The van der Waals surface area contributed by atoms with Crippen molar-refractivity contribution in [1.82, 2.24) is 0 Å². The minimum atomic E-state index is -0.712. The second-order valence-electron chi connectivity index (χ2n) is 4.92. The van der Waals surface area contributed by atoms with Crippen LogP contribution in [0, 0.1) is 5.82 Å². The zero-order valence-electron chi connectivity index (χ0n) is 11.0. The van der Waals surface area contributed by atoms with E-state index in [1.807, 2.05) is 0 Å². The van der Waals surface area contributed by atoms with Crippen LogP contribution in [-0.2, 0) is 5.41 Å². The molecule has 1 aromatic carbocycles. The number of halogens is 1. The molecular formula is C15H23FO2. The number of hydrogen-bond donors (Lipinski definition) is 2. The molecule has 0 aliphatic carbocycles. The van der Waals surface area contributed by atoms with Crippen LogP contribution in [0.5, 0.6) is 0 Å². The van der Waals surface area contributed by atoms with Gasteiger partial charge in [0.2, 0.25) is 0 Å². The first-order valence-electron chi connectivity index (χ1n) is 6.66. The van der Waals surface area contributed by atoms with Gasteiger partial charge in [-0.05, 0) is 24.1 Å². The maximum Gasteiger partial charge on any atom is 0.123 e. The molecule has 0 fully saturated rings. The van der Waals surface area contributed by atoms with Gasteiger partial charge in [-0.25, -0.2) is 4.39 Å². The molecule has 0 saturated heterocycles. The summed E-state index contributed by atoms with van der Waals surface area (Å²) in [6.45, 7) is 1.83. The highest BCUT2D eigenvalue weighted by Gasteiger charge is 2.30. The van der Waals surface area contributed by atoms with Gasteiger partial charge in [0.15, 0.2) is 0 Å². The third kappa shape index (κ3) is 3.79. The minimum absolute atomic E-state index is 0.154. The van der Waals surface area contributed by atoms with Crippen molar-refractivity contribution in [2.24, 2.45) is 0 Å². The van der Waals surface area contributed by atoms with Gasteiger partial charge in [-0.15, -0.1) is 0 Å². The van der Waals surface area contributed by atoms with E-state index in [1.165, 1.54) is 12.1 Å². The van der Waals surface area contributed by atoms with Crippen molar-refractivity contribution >= 4 is 0 Å². The Bertz CT molecular complexity index is 348. The second kappa shape index (κ2) is 7.49. The Balaban J connectivity index is 2.79. The standard InChI is InChI=1S/C15H23FO2/c1-2-3-4-5-9-15(11-17,12-18)13-7-6-8-14(16)10-13/h6-8,10,17-18H,2-5,9,11-12H2,1H3. The molecule has 2 nitrogen and oxygen atoms in total. The summed E-state index contributed by atoms with van der Waals surface area (Å²) in [7, 11) is 0. The quantitative estimate of drug-likeness (QED) is 0.700. The summed E-state index contributed by atoms with van der Waals surface area (Å²) in [4.78, 5) is 0. The van der Waals surface area contributed by atoms with Gasteiger partial charge < -0.3 is 10.2 Å². The Morgan fingerprint density at radius 3 is 2.39 bits per heavy atom. The van der Waals surface area contributed by atoms with Crippen molar-refractivity contribution in [1.29, 1.82) is 0 Å². The molecule has 0 saturated carbocycles. The Kier molecular flexibility index (Phi) is 6.30. The van der Waals surface area contributed by atoms with Gasteiger partial charge >= 0.3 is 0 Å². The Labute approximate surface area is 108 Å². The zero-order valence-corrected chi connectivity index (χ0v) is 11.0. The van der Waals surface area contributed by atoms with E-state index in [0.717, 1.165) is 25.7 Å². The molecule has 0 aliphatic rings. The molecule has 0 aromatic heterocycles. The fourth-order valence-corrected chi connectivity index (χ4v) is 2.24. The smallest absolute Gasteiger partial charge is 0.123 e. The van der Waals surface area contributed by atoms with Crippen molar-refractivity contribution in [2.75, 3.05) is 13.2 Å². The van der Waals surface area contributed by atoms with E-state index in [1.54, 1.807) is 12.1 Å². The Hall–Kier alpha value is -0.930. The number of aliphatic hydroxyl groups excluding tert-OH is 2.